The molecule has 0 N–H and O–H groups in total. The second-order valence-corrected chi connectivity index (χ2v) is 7.92. The minimum Gasteiger partial charge on any atom is -0.378 e. The minimum atomic E-state index is 0.279. The fraction of sp³-hybridized carbons (Fsp3) is 1.00. The van der Waals surface area contributed by atoms with Crippen molar-refractivity contribution in [2.24, 2.45) is 17.3 Å². The predicted molar refractivity (Wildman–Crippen MR) is 88.5 cm³/mol. The zero-order valence-corrected chi connectivity index (χ0v) is 14.7. The Bertz CT molecular complexity index is 256. The second-order valence-electron chi connectivity index (χ2n) is 7.92. The molecule has 0 heterocycles. The van der Waals surface area contributed by atoms with Gasteiger partial charge in [0.2, 0.25) is 0 Å². The molecule has 2 fully saturated rings. The molecular formula is C19H36O2. The van der Waals surface area contributed by atoms with Gasteiger partial charge in [-0.2, -0.15) is 0 Å². The Labute approximate surface area is 132 Å². The summed E-state index contributed by atoms with van der Waals surface area (Å²) in [4.78, 5) is 0. The van der Waals surface area contributed by atoms with E-state index >= 15 is 0 Å². The molecule has 124 valence electrons. The first-order valence-corrected chi connectivity index (χ1v) is 9.28. The molecule has 2 saturated carbocycles. The van der Waals surface area contributed by atoms with Crippen LogP contribution in [0.1, 0.15) is 79.1 Å². The van der Waals surface area contributed by atoms with E-state index in [9.17, 15) is 0 Å². The van der Waals surface area contributed by atoms with Gasteiger partial charge in [-0.15, -0.1) is 0 Å². The minimum absolute atomic E-state index is 0.279. The van der Waals surface area contributed by atoms with Crippen LogP contribution in [0.2, 0.25) is 0 Å². The maximum Gasteiger partial charge on any atom is 0.0553 e. The highest BCUT2D eigenvalue weighted by Crippen LogP contribution is 2.51. The highest BCUT2D eigenvalue weighted by atomic mass is 16.5. The van der Waals surface area contributed by atoms with Crippen molar-refractivity contribution in [2.75, 3.05) is 13.2 Å². The highest BCUT2D eigenvalue weighted by Gasteiger charge is 2.47. The standard InChI is InChI=1S/C19H36O2/c1-15(2)20-13-19(14-21-16(3)4,17-9-5-6-10-17)18-11-7-8-12-18/h15-18H,5-14H2,1-4H3. The van der Waals surface area contributed by atoms with Crippen LogP contribution in [0, 0.1) is 17.3 Å². The first-order chi connectivity index (χ1) is 10.0. The SMILES string of the molecule is CC(C)OCC(COC(C)C)(C1CCCC1)C1CCCC1. The van der Waals surface area contributed by atoms with Crippen LogP contribution in [-0.4, -0.2) is 25.4 Å². The lowest BCUT2D eigenvalue weighted by Crippen LogP contribution is -2.45. The van der Waals surface area contributed by atoms with Crippen molar-refractivity contribution >= 4 is 0 Å². The summed E-state index contributed by atoms with van der Waals surface area (Å²) in [7, 11) is 0. The zero-order chi connectivity index (χ0) is 15.3. The smallest absolute Gasteiger partial charge is 0.0553 e. The topological polar surface area (TPSA) is 18.5 Å². The predicted octanol–water partition coefficient (Wildman–Crippen LogP) is 5.20. The molecule has 0 aliphatic heterocycles. The van der Waals surface area contributed by atoms with Crippen LogP contribution in [0.4, 0.5) is 0 Å². The average Bonchev–Trinajstić information content (AvgIpc) is 3.12. The molecule has 0 unspecified atom stereocenters. The zero-order valence-electron chi connectivity index (χ0n) is 14.7. The van der Waals surface area contributed by atoms with E-state index in [1.165, 1.54) is 51.4 Å². The van der Waals surface area contributed by atoms with Crippen molar-refractivity contribution in [3.63, 3.8) is 0 Å². The molecule has 0 bridgehead atoms. The van der Waals surface area contributed by atoms with E-state index in [0.717, 1.165) is 25.0 Å². The third-order valence-electron chi connectivity index (χ3n) is 5.71. The molecule has 0 spiro atoms. The van der Waals surface area contributed by atoms with Crippen molar-refractivity contribution in [3.05, 3.63) is 0 Å². The van der Waals surface area contributed by atoms with E-state index in [0.29, 0.717) is 12.2 Å². The Morgan fingerprint density at radius 2 is 1.05 bits per heavy atom. The fourth-order valence-electron chi connectivity index (χ4n) is 4.49. The molecule has 2 nitrogen and oxygen atoms in total. The van der Waals surface area contributed by atoms with Crippen LogP contribution in [0.15, 0.2) is 0 Å². The third kappa shape index (κ3) is 4.45. The van der Waals surface area contributed by atoms with Gasteiger partial charge in [0.15, 0.2) is 0 Å². The highest BCUT2D eigenvalue weighted by molar-refractivity contribution is 4.96. The molecule has 0 saturated heterocycles. The molecule has 0 aromatic rings. The molecule has 0 radical (unpaired) electrons. The van der Waals surface area contributed by atoms with Crippen LogP contribution in [0.25, 0.3) is 0 Å². The number of rotatable bonds is 8. The van der Waals surface area contributed by atoms with E-state index in [2.05, 4.69) is 27.7 Å². The van der Waals surface area contributed by atoms with E-state index in [1.807, 2.05) is 0 Å². The van der Waals surface area contributed by atoms with Gasteiger partial charge in [0.25, 0.3) is 0 Å². The molecule has 2 aliphatic carbocycles. The molecule has 0 atom stereocenters. The van der Waals surface area contributed by atoms with Gasteiger partial charge in [-0.3, -0.25) is 0 Å². The number of hydrogen-bond donors (Lipinski definition) is 0. The summed E-state index contributed by atoms with van der Waals surface area (Å²) < 4.78 is 12.4. The lowest BCUT2D eigenvalue weighted by atomic mass is 9.65. The summed E-state index contributed by atoms with van der Waals surface area (Å²) >= 11 is 0. The van der Waals surface area contributed by atoms with Gasteiger partial charge in [-0.25, -0.2) is 0 Å². The second kappa shape index (κ2) is 7.97. The molecule has 2 heteroatoms. The largest absolute Gasteiger partial charge is 0.378 e. The van der Waals surface area contributed by atoms with Crippen molar-refractivity contribution in [3.8, 4) is 0 Å². The average molecular weight is 296 g/mol. The lowest BCUT2D eigenvalue weighted by Gasteiger charge is -2.44. The molecule has 0 aromatic carbocycles. The Hall–Kier alpha value is -0.0800. The van der Waals surface area contributed by atoms with Gasteiger partial charge in [-0.05, 0) is 65.2 Å². The van der Waals surface area contributed by atoms with Crippen molar-refractivity contribution < 1.29 is 9.47 Å². The first kappa shape index (κ1) is 17.3. The molecule has 21 heavy (non-hydrogen) atoms. The molecule has 0 amide bonds. The van der Waals surface area contributed by atoms with Crippen LogP contribution >= 0.6 is 0 Å². The summed E-state index contributed by atoms with van der Waals surface area (Å²) in [6.07, 6.45) is 11.8. The monoisotopic (exact) mass is 296 g/mol. The summed E-state index contributed by atoms with van der Waals surface area (Å²) in [6.45, 7) is 10.5. The Kier molecular flexibility index (Phi) is 6.55. The Morgan fingerprint density at radius 1 is 0.714 bits per heavy atom. The molecule has 2 rings (SSSR count). The number of ether oxygens (including phenoxy) is 2. The molecular weight excluding hydrogens is 260 g/mol. The van der Waals surface area contributed by atoms with Crippen molar-refractivity contribution in [2.45, 2.75) is 91.3 Å². The van der Waals surface area contributed by atoms with E-state index in [4.69, 9.17) is 9.47 Å². The third-order valence-corrected chi connectivity index (χ3v) is 5.71. The van der Waals surface area contributed by atoms with Crippen LogP contribution < -0.4 is 0 Å². The quantitative estimate of drug-likeness (QED) is 0.612. The van der Waals surface area contributed by atoms with Gasteiger partial charge < -0.3 is 9.47 Å². The first-order valence-electron chi connectivity index (χ1n) is 9.28. The van der Waals surface area contributed by atoms with Crippen LogP contribution in [0.3, 0.4) is 0 Å². The summed E-state index contributed by atoms with van der Waals surface area (Å²) in [5, 5.41) is 0. The number of hydrogen-bond acceptors (Lipinski definition) is 2. The van der Waals surface area contributed by atoms with Gasteiger partial charge in [-0.1, -0.05) is 25.7 Å². The van der Waals surface area contributed by atoms with Gasteiger partial charge in [0.05, 0.1) is 25.4 Å². The van der Waals surface area contributed by atoms with E-state index in [1.54, 1.807) is 0 Å². The fourth-order valence-corrected chi connectivity index (χ4v) is 4.49. The Morgan fingerprint density at radius 3 is 1.33 bits per heavy atom. The van der Waals surface area contributed by atoms with Crippen LogP contribution in [-0.2, 0) is 9.47 Å². The molecule has 0 aromatic heterocycles. The van der Waals surface area contributed by atoms with Gasteiger partial charge >= 0.3 is 0 Å². The normalized spacial score (nSPS) is 22.0. The van der Waals surface area contributed by atoms with E-state index in [-0.39, 0.29) is 5.41 Å². The Balaban J connectivity index is 2.16. The van der Waals surface area contributed by atoms with Crippen molar-refractivity contribution in [1.29, 1.82) is 0 Å². The van der Waals surface area contributed by atoms with Gasteiger partial charge in [0.1, 0.15) is 0 Å². The van der Waals surface area contributed by atoms with E-state index < -0.39 is 0 Å². The lowest BCUT2D eigenvalue weighted by molar-refractivity contribution is -0.111. The summed E-state index contributed by atoms with van der Waals surface area (Å²) in [5.41, 5.74) is 0.279. The maximum atomic E-state index is 6.18. The van der Waals surface area contributed by atoms with Crippen LogP contribution in [0.5, 0.6) is 0 Å². The van der Waals surface area contributed by atoms with Crippen molar-refractivity contribution in [1.82, 2.24) is 0 Å². The summed E-state index contributed by atoms with van der Waals surface area (Å²) in [6, 6.07) is 0. The maximum absolute atomic E-state index is 6.18. The van der Waals surface area contributed by atoms with Gasteiger partial charge in [0, 0.05) is 5.41 Å². The molecule has 2 aliphatic rings. The summed E-state index contributed by atoms with van der Waals surface area (Å²) in [5.74, 6) is 1.64.